The number of rotatable bonds is 3. The standard InChI is InChI=1S/C14H12N2O3/c1-15-10-5-2-3-6-11(10)16(14(15)18)9-12(17)13-7-4-8-19-13/h2-8H,9H2,1H3. The highest BCUT2D eigenvalue weighted by atomic mass is 16.3. The predicted octanol–water partition coefficient (Wildman–Crippen LogP) is 1.82. The van der Waals surface area contributed by atoms with Crippen LogP contribution in [0.5, 0.6) is 0 Å². The molecule has 0 unspecified atom stereocenters. The number of ketones is 1. The van der Waals surface area contributed by atoms with Crippen LogP contribution in [0.3, 0.4) is 0 Å². The Bertz CT molecular complexity index is 794. The van der Waals surface area contributed by atoms with Crippen molar-refractivity contribution in [2.24, 2.45) is 7.05 Å². The molecule has 0 aliphatic heterocycles. The number of Topliss-reactive ketones (excluding diaryl/α,β-unsaturated/α-hetero) is 1. The van der Waals surface area contributed by atoms with E-state index >= 15 is 0 Å². The van der Waals surface area contributed by atoms with Crippen LogP contribution in [-0.2, 0) is 13.6 Å². The minimum absolute atomic E-state index is 0.0201. The van der Waals surface area contributed by atoms with E-state index in [0.717, 1.165) is 11.0 Å². The number of hydrogen-bond acceptors (Lipinski definition) is 3. The molecule has 0 radical (unpaired) electrons. The zero-order chi connectivity index (χ0) is 13.4. The molecule has 2 aromatic heterocycles. The number of benzene rings is 1. The summed E-state index contributed by atoms with van der Waals surface area (Å²) in [4.78, 5) is 24.2. The Morgan fingerprint density at radius 2 is 1.89 bits per heavy atom. The van der Waals surface area contributed by atoms with E-state index in [-0.39, 0.29) is 23.8 Å². The second kappa shape index (κ2) is 4.28. The molecule has 0 atom stereocenters. The summed E-state index contributed by atoms with van der Waals surface area (Å²) in [7, 11) is 1.69. The summed E-state index contributed by atoms with van der Waals surface area (Å²) in [6, 6.07) is 10.6. The fourth-order valence-electron chi connectivity index (χ4n) is 2.17. The first-order valence-corrected chi connectivity index (χ1v) is 5.89. The predicted molar refractivity (Wildman–Crippen MR) is 70.2 cm³/mol. The zero-order valence-electron chi connectivity index (χ0n) is 10.4. The van der Waals surface area contributed by atoms with Crippen LogP contribution in [0.15, 0.2) is 51.9 Å². The molecule has 0 amide bonds. The van der Waals surface area contributed by atoms with Gasteiger partial charge in [-0.3, -0.25) is 13.9 Å². The van der Waals surface area contributed by atoms with Gasteiger partial charge in [-0.05, 0) is 24.3 Å². The molecule has 1 aromatic carbocycles. The van der Waals surface area contributed by atoms with Gasteiger partial charge in [-0.1, -0.05) is 12.1 Å². The SMILES string of the molecule is Cn1c(=O)n(CC(=O)c2ccco2)c2ccccc21. The second-order valence-electron chi connectivity index (χ2n) is 4.32. The monoisotopic (exact) mass is 256 g/mol. The van der Waals surface area contributed by atoms with E-state index < -0.39 is 0 Å². The van der Waals surface area contributed by atoms with Gasteiger partial charge in [-0.15, -0.1) is 0 Å². The maximum absolute atomic E-state index is 12.1. The first-order valence-electron chi connectivity index (χ1n) is 5.89. The van der Waals surface area contributed by atoms with E-state index in [4.69, 9.17) is 4.42 Å². The molecule has 0 aliphatic rings. The lowest BCUT2D eigenvalue weighted by Gasteiger charge is -2.00. The smallest absolute Gasteiger partial charge is 0.329 e. The number of fused-ring (bicyclic) bond motifs is 1. The van der Waals surface area contributed by atoms with Gasteiger partial charge in [0.25, 0.3) is 0 Å². The maximum Gasteiger partial charge on any atom is 0.329 e. The van der Waals surface area contributed by atoms with Crippen LogP contribution in [0.1, 0.15) is 10.6 Å². The van der Waals surface area contributed by atoms with Gasteiger partial charge in [0, 0.05) is 7.05 Å². The second-order valence-corrected chi connectivity index (χ2v) is 4.32. The van der Waals surface area contributed by atoms with Crippen molar-refractivity contribution in [1.29, 1.82) is 0 Å². The minimum Gasteiger partial charge on any atom is -0.461 e. The summed E-state index contributed by atoms with van der Waals surface area (Å²) < 4.78 is 8.05. The highest BCUT2D eigenvalue weighted by molar-refractivity contribution is 5.94. The minimum atomic E-state index is -0.219. The summed E-state index contributed by atoms with van der Waals surface area (Å²) >= 11 is 0. The zero-order valence-corrected chi connectivity index (χ0v) is 10.4. The lowest BCUT2D eigenvalue weighted by molar-refractivity contribution is 0.0945. The van der Waals surface area contributed by atoms with Crippen LogP contribution in [0.25, 0.3) is 11.0 Å². The third-order valence-corrected chi connectivity index (χ3v) is 3.15. The lowest BCUT2D eigenvalue weighted by Crippen LogP contribution is -2.25. The van der Waals surface area contributed by atoms with Gasteiger partial charge in [0.2, 0.25) is 5.78 Å². The molecule has 0 N–H and O–H groups in total. The lowest BCUT2D eigenvalue weighted by atomic mass is 10.3. The van der Waals surface area contributed by atoms with Crippen molar-refractivity contribution in [3.8, 4) is 0 Å². The Labute approximate surface area is 108 Å². The summed E-state index contributed by atoms with van der Waals surface area (Å²) in [5.41, 5.74) is 1.34. The van der Waals surface area contributed by atoms with Crippen molar-refractivity contribution in [1.82, 2.24) is 9.13 Å². The molecule has 96 valence electrons. The molecule has 2 heterocycles. The van der Waals surface area contributed by atoms with E-state index in [2.05, 4.69) is 0 Å². The van der Waals surface area contributed by atoms with Crippen LogP contribution in [0.4, 0.5) is 0 Å². The molecule has 0 saturated carbocycles. The van der Waals surface area contributed by atoms with Gasteiger partial charge in [-0.2, -0.15) is 0 Å². The normalized spacial score (nSPS) is 11.0. The third kappa shape index (κ3) is 1.79. The van der Waals surface area contributed by atoms with Crippen LogP contribution >= 0.6 is 0 Å². The number of nitrogens with zero attached hydrogens (tertiary/aromatic N) is 2. The van der Waals surface area contributed by atoms with Crippen molar-refractivity contribution in [3.05, 3.63) is 58.9 Å². The quantitative estimate of drug-likeness (QED) is 0.671. The molecule has 0 aliphatic carbocycles. The summed E-state index contributed by atoms with van der Waals surface area (Å²) in [6.07, 6.45) is 1.44. The Kier molecular flexibility index (Phi) is 2.59. The number of hydrogen-bond donors (Lipinski definition) is 0. The molecular weight excluding hydrogens is 244 g/mol. The van der Waals surface area contributed by atoms with E-state index in [1.54, 1.807) is 19.2 Å². The highest BCUT2D eigenvalue weighted by Crippen LogP contribution is 2.12. The third-order valence-electron chi connectivity index (χ3n) is 3.15. The average Bonchev–Trinajstić information content (AvgIpc) is 3.03. The topological polar surface area (TPSA) is 57.1 Å². The Balaban J connectivity index is 2.09. The maximum atomic E-state index is 12.1. The van der Waals surface area contributed by atoms with Gasteiger partial charge in [-0.25, -0.2) is 4.79 Å². The van der Waals surface area contributed by atoms with Crippen molar-refractivity contribution in [2.45, 2.75) is 6.54 Å². The van der Waals surface area contributed by atoms with E-state index in [0.29, 0.717) is 0 Å². The first-order chi connectivity index (χ1) is 9.18. The van der Waals surface area contributed by atoms with Crippen molar-refractivity contribution >= 4 is 16.8 Å². The number of imidazole rings is 1. The molecule has 5 nitrogen and oxygen atoms in total. The summed E-state index contributed by atoms with van der Waals surface area (Å²) in [5, 5.41) is 0. The van der Waals surface area contributed by atoms with E-state index in [1.807, 2.05) is 24.3 Å². The van der Waals surface area contributed by atoms with Crippen LogP contribution in [-0.4, -0.2) is 14.9 Å². The van der Waals surface area contributed by atoms with Gasteiger partial charge < -0.3 is 4.42 Å². The number of para-hydroxylation sites is 2. The van der Waals surface area contributed by atoms with Crippen molar-refractivity contribution < 1.29 is 9.21 Å². The molecule has 0 spiro atoms. The van der Waals surface area contributed by atoms with Crippen molar-refractivity contribution in [2.75, 3.05) is 0 Å². The highest BCUT2D eigenvalue weighted by Gasteiger charge is 2.15. The average molecular weight is 256 g/mol. The fraction of sp³-hybridized carbons (Fsp3) is 0.143. The van der Waals surface area contributed by atoms with Gasteiger partial charge in [0.1, 0.15) is 0 Å². The Morgan fingerprint density at radius 1 is 1.16 bits per heavy atom. The molecule has 0 fully saturated rings. The fourth-order valence-corrected chi connectivity index (χ4v) is 2.17. The van der Waals surface area contributed by atoms with E-state index in [9.17, 15) is 9.59 Å². The number of aryl methyl sites for hydroxylation is 1. The molecule has 3 rings (SSSR count). The number of carbonyl (C=O) groups is 1. The molecule has 0 bridgehead atoms. The Morgan fingerprint density at radius 3 is 2.58 bits per heavy atom. The molecule has 5 heteroatoms. The Hall–Kier alpha value is -2.56. The summed E-state index contributed by atoms with van der Waals surface area (Å²) in [6.45, 7) is -0.0201. The van der Waals surface area contributed by atoms with Crippen LogP contribution < -0.4 is 5.69 Å². The summed E-state index contributed by atoms with van der Waals surface area (Å²) in [5.74, 6) is 0.0447. The molecular formula is C14H12N2O3. The molecule has 19 heavy (non-hydrogen) atoms. The van der Waals surface area contributed by atoms with Crippen molar-refractivity contribution in [3.63, 3.8) is 0 Å². The number of furan rings is 1. The van der Waals surface area contributed by atoms with E-state index in [1.165, 1.54) is 15.4 Å². The van der Waals surface area contributed by atoms with Crippen LogP contribution in [0, 0.1) is 0 Å². The largest absolute Gasteiger partial charge is 0.461 e. The van der Waals surface area contributed by atoms with Gasteiger partial charge in [0.15, 0.2) is 5.76 Å². The first kappa shape index (κ1) is 11.5. The van der Waals surface area contributed by atoms with Gasteiger partial charge >= 0.3 is 5.69 Å². The molecule has 3 aromatic rings. The van der Waals surface area contributed by atoms with Gasteiger partial charge in [0.05, 0.1) is 23.8 Å². The van der Waals surface area contributed by atoms with Crippen LogP contribution in [0.2, 0.25) is 0 Å². The molecule has 0 saturated heterocycles. The number of carbonyl (C=O) groups excluding carboxylic acids is 1. The number of aromatic nitrogens is 2.